The van der Waals surface area contributed by atoms with Crippen molar-refractivity contribution in [3.63, 3.8) is 0 Å². The molecule has 7 nitrogen and oxygen atoms in total. The smallest absolute Gasteiger partial charge is 0.256 e. The van der Waals surface area contributed by atoms with E-state index in [0.717, 1.165) is 35.4 Å². The van der Waals surface area contributed by atoms with Crippen LogP contribution in [0.5, 0.6) is 0 Å². The summed E-state index contributed by atoms with van der Waals surface area (Å²) >= 11 is 0. The molecule has 7 heteroatoms. The summed E-state index contributed by atoms with van der Waals surface area (Å²) in [5, 5.41) is 3.98. The second-order valence-corrected chi connectivity index (χ2v) is 7.30. The average Bonchev–Trinajstić information content (AvgIpc) is 3.21. The van der Waals surface area contributed by atoms with Crippen LogP contribution in [-0.4, -0.2) is 46.1 Å². The minimum atomic E-state index is -0.600. The molecule has 1 aliphatic heterocycles. The fourth-order valence-electron chi connectivity index (χ4n) is 3.92. The highest BCUT2D eigenvalue weighted by Crippen LogP contribution is 2.34. The number of aryl methyl sites for hydroxylation is 1. The molecule has 1 saturated heterocycles. The zero-order chi connectivity index (χ0) is 20.2. The van der Waals surface area contributed by atoms with Crippen molar-refractivity contribution in [2.45, 2.75) is 31.8 Å². The first kappa shape index (κ1) is 19.3. The van der Waals surface area contributed by atoms with Crippen molar-refractivity contribution in [1.29, 1.82) is 0 Å². The van der Waals surface area contributed by atoms with E-state index in [-0.39, 0.29) is 11.8 Å². The Bertz CT molecular complexity index is 973. The molecule has 2 atom stereocenters. The number of hydrogen-bond acceptors (Lipinski definition) is 6. The maximum absolute atomic E-state index is 13.2. The van der Waals surface area contributed by atoms with E-state index < -0.39 is 6.10 Å². The highest BCUT2D eigenvalue weighted by Gasteiger charge is 2.32. The third-order valence-corrected chi connectivity index (χ3v) is 5.32. The lowest BCUT2D eigenvalue weighted by Gasteiger charge is -2.34. The van der Waals surface area contributed by atoms with Gasteiger partial charge in [-0.25, -0.2) is 9.97 Å². The van der Waals surface area contributed by atoms with Crippen molar-refractivity contribution in [2.24, 2.45) is 0 Å². The molecule has 1 aromatic carbocycles. The minimum absolute atomic E-state index is 0.0190. The largest absolute Gasteiger partial charge is 0.367 e. The van der Waals surface area contributed by atoms with E-state index in [9.17, 15) is 4.79 Å². The van der Waals surface area contributed by atoms with Crippen molar-refractivity contribution < 1.29 is 14.1 Å². The van der Waals surface area contributed by atoms with Crippen LogP contribution < -0.4 is 0 Å². The van der Waals surface area contributed by atoms with Crippen LogP contribution in [0.2, 0.25) is 0 Å². The van der Waals surface area contributed by atoms with Gasteiger partial charge in [0.25, 0.3) is 5.91 Å². The van der Waals surface area contributed by atoms with Gasteiger partial charge < -0.3 is 14.2 Å². The normalized spacial score (nSPS) is 17.9. The molecule has 1 amide bonds. The number of carbonyl (C=O) groups excluding carboxylic acids is 1. The number of methoxy groups -OCH3 is 1. The molecule has 0 aliphatic carbocycles. The summed E-state index contributed by atoms with van der Waals surface area (Å²) in [5.74, 6) is 0.736. The molecule has 0 unspecified atom stereocenters. The van der Waals surface area contributed by atoms with E-state index in [4.69, 9.17) is 9.26 Å². The Balaban J connectivity index is 1.57. The molecule has 1 fully saturated rings. The number of aromatic nitrogens is 3. The predicted octanol–water partition coefficient (Wildman–Crippen LogP) is 3.53. The van der Waals surface area contributed by atoms with Gasteiger partial charge in [-0.1, -0.05) is 35.5 Å². The SMILES string of the molecule is CO[C@H](C(=O)N1CCC[C@H](c2ncncc2-c2cc(C)no2)C1)c1ccccc1. The number of carbonyl (C=O) groups is 1. The molecule has 1 aliphatic rings. The zero-order valence-electron chi connectivity index (χ0n) is 16.6. The molecule has 150 valence electrons. The topological polar surface area (TPSA) is 81.4 Å². The summed E-state index contributed by atoms with van der Waals surface area (Å²) in [6, 6.07) is 11.5. The van der Waals surface area contributed by atoms with Gasteiger partial charge in [-0.3, -0.25) is 4.79 Å². The van der Waals surface area contributed by atoms with E-state index in [0.29, 0.717) is 18.8 Å². The summed E-state index contributed by atoms with van der Waals surface area (Å²) in [4.78, 5) is 23.8. The Morgan fingerprint density at radius 1 is 1.31 bits per heavy atom. The fourth-order valence-corrected chi connectivity index (χ4v) is 3.92. The van der Waals surface area contributed by atoms with Crippen LogP contribution in [0.3, 0.4) is 0 Å². The summed E-state index contributed by atoms with van der Waals surface area (Å²) in [6.45, 7) is 3.18. The number of piperidine rings is 1. The molecule has 0 radical (unpaired) electrons. The van der Waals surface area contributed by atoms with E-state index in [2.05, 4.69) is 15.1 Å². The Labute approximate surface area is 169 Å². The molecular weight excluding hydrogens is 368 g/mol. The lowest BCUT2D eigenvalue weighted by molar-refractivity contribution is -0.143. The van der Waals surface area contributed by atoms with Crippen LogP contribution in [0.15, 0.2) is 53.4 Å². The number of nitrogens with zero attached hydrogens (tertiary/aromatic N) is 4. The third kappa shape index (κ3) is 4.05. The quantitative estimate of drug-likeness (QED) is 0.661. The van der Waals surface area contributed by atoms with Crippen molar-refractivity contribution >= 4 is 5.91 Å². The number of amides is 1. The summed E-state index contributed by atoms with van der Waals surface area (Å²) in [7, 11) is 1.58. The Kier molecular flexibility index (Phi) is 5.67. The lowest BCUT2D eigenvalue weighted by atomic mass is 9.91. The number of hydrogen-bond donors (Lipinski definition) is 0. The van der Waals surface area contributed by atoms with E-state index in [1.54, 1.807) is 19.6 Å². The van der Waals surface area contributed by atoms with Crippen LogP contribution in [0, 0.1) is 6.92 Å². The maximum atomic E-state index is 13.2. The van der Waals surface area contributed by atoms with Crippen molar-refractivity contribution in [2.75, 3.05) is 20.2 Å². The summed E-state index contributed by atoms with van der Waals surface area (Å²) < 4.78 is 11.0. The van der Waals surface area contributed by atoms with Crippen LogP contribution >= 0.6 is 0 Å². The van der Waals surface area contributed by atoms with Crippen LogP contribution in [0.25, 0.3) is 11.3 Å². The highest BCUT2D eigenvalue weighted by atomic mass is 16.5. The van der Waals surface area contributed by atoms with Crippen molar-refractivity contribution in [1.82, 2.24) is 20.0 Å². The van der Waals surface area contributed by atoms with Gasteiger partial charge in [0.15, 0.2) is 11.9 Å². The Morgan fingerprint density at radius 2 is 2.14 bits per heavy atom. The zero-order valence-corrected chi connectivity index (χ0v) is 16.6. The molecular formula is C22H24N4O3. The van der Waals surface area contributed by atoms with Gasteiger partial charge in [-0.15, -0.1) is 0 Å². The van der Waals surface area contributed by atoms with Gasteiger partial charge in [-0.2, -0.15) is 0 Å². The number of likely N-dealkylation sites (tertiary alicyclic amines) is 1. The van der Waals surface area contributed by atoms with Gasteiger partial charge in [0.1, 0.15) is 6.33 Å². The fraction of sp³-hybridized carbons (Fsp3) is 0.364. The molecule has 3 aromatic rings. The van der Waals surface area contributed by atoms with Gasteiger partial charge in [0, 0.05) is 38.4 Å². The first-order valence-corrected chi connectivity index (χ1v) is 9.77. The first-order chi connectivity index (χ1) is 14.2. The first-order valence-electron chi connectivity index (χ1n) is 9.77. The lowest BCUT2D eigenvalue weighted by Crippen LogP contribution is -2.42. The van der Waals surface area contributed by atoms with Gasteiger partial charge >= 0.3 is 0 Å². The van der Waals surface area contributed by atoms with E-state index in [1.165, 1.54) is 0 Å². The Hall–Kier alpha value is -3.06. The molecule has 0 N–H and O–H groups in total. The standard InChI is InChI=1S/C22H24N4O3/c1-15-11-19(29-25-15)18-12-23-14-24-20(18)17-9-6-10-26(13-17)22(27)21(28-2)16-7-4-3-5-8-16/h3-5,7-8,11-12,14,17,21H,6,9-10,13H2,1-2H3/t17-,21-/m0/s1. The highest BCUT2D eigenvalue weighted by molar-refractivity contribution is 5.82. The number of rotatable bonds is 5. The van der Waals surface area contributed by atoms with Crippen molar-refractivity contribution in [3.8, 4) is 11.3 Å². The van der Waals surface area contributed by atoms with Gasteiger partial charge in [0.2, 0.25) is 0 Å². The summed E-state index contributed by atoms with van der Waals surface area (Å²) in [6.07, 6.45) is 4.55. The average molecular weight is 392 g/mol. The van der Waals surface area contributed by atoms with Crippen LogP contribution in [-0.2, 0) is 9.53 Å². The molecule has 0 saturated carbocycles. The summed E-state index contributed by atoms with van der Waals surface area (Å²) in [5.41, 5.74) is 3.39. The van der Waals surface area contributed by atoms with Crippen LogP contribution in [0.4, 0.5) is 0 Å². The Morgan fingerprint density at radius 3 is 2.86 bits per heavy atom. The van der Waals surface area contributed by atoms with Crippen LogP contribution in [0.1, 0.15) is 41.8 Å². The second-order valence-electron chi connectivity index (χ2n) is 7.30. The molecule has 3 heterocycles. The number of benzene rings is 1. The predicted molar refractivity (Wildman–Crippen MR) is 107 cm³/mol. The molecule has 0 bridgehead atoms. The number of ether oxygens (including phenoxy) is 1. The second kappa shape index (κ2) is 8.53. The maximum Gasteiger partial charge on any atom is 0.256 e. The molecule has 2 aromatic heterocycles. The molecule has 0 spiro atoms. The van der Waals surface area contributed by atoms with E-state index >= 15 is 0 Å². The molecule has 4 rings (SSSR count). The van der Waals surface area contributed by atoms with Gasteiger partial charge in [0.05, 0.1) is 17.0 Å². The monoisotopic (exact) mass is 392 g/mol. The van der Waals surface area contributed by atoms with Gasteiger partial charge in [-0.05, 0) is 25.3 Å². The third-order valence-electron chi connectivity index (χ3n) is 5.32. The molecule has 29 heavy (non-hydrogen) atoms. The van der Waals surface area contributed by atoms with Crippen molar-refractivity contribution in [3.05, 3.63) is 65.9 Å². The van der Waals surface area contributed by atoms with E-state index in [1.807, 2.05) is 48.2 Å². The minimum Gasteiger partial charge on any atom is -0.367 e.